The fraction of sp³-hybridized carbons (Fsp3) is 0.391. The molecule has 2 rings (SSSR count). The first-order chi connectivity index (χ1) is 14.6. The van der Waals surface area contributed by atoms with Crippen LogP contribution in [0.15, 0.2) is 42.5 Å². The van der Waals surface area contributed by atoms with Crippen molar-refractivity contribution in [3.63, 3.8) is 0 Å². The molecule has 0 radical (unpaired) electrons. The van der Waals surface area contributed by atoms with E-state index in [0.29, 0.717) is 11.1 Å². The van der Waals surface area contributed by atoms with Gasteiger partial charge in [0.05, 0.1) is 11.1 Å². The van der Waals surface area contributed by atoms with Crippen LogP contribution in [0.2, 0.25) is 58.9 Å². The van der Waals surface area contributed by atoms with Crippen LogP contribution in [0.3, 0.4) is 0 Å². The zero-order valence-electron chi connectivity index (χ0n) is 20.7. The van der Waals surface area contributed by atoms with Gasteiger partial charge in [0, 0.05) is 5.19 Å². The van der Waals surface area contributed by atoms with Crippen molar-refractivity contribution in [1.29, 1.82) is 10.5 Å². The van der Waals surface area contributed by atoms with E-state index in [1.165, 1.54) is 0 Å². The highest BCUT2D eigenvalue weighted by Crippen LogP contribution is 2.27. The van der Waals surface area contributed by atoms with Gasteiger partial charge in [0.15, 0.2) is 25.0 Å². The first-order valence-corrected chi connectivity index (χ1v) is 22.7. The smallest absolute Gasteiger partial charge is 0.414 e. The van der Waals surface area contributed by atoms with E-state index in [0.717, 1.165) is 16.3 Å². The van der Waals surface area contributed by atoms with Crippen LogP contribution < -0.4 is 5.19 Å². The van der Waals surface area contributed by atoms with Gasteiger partial charge in [0.1, 0.15) is 12.1 Å². The molecule has 0 fully saturated rings. The van der Waals surface area contributed by atoms with E-state index in [-0.39, 0.29) is 0 Å². The van der Waals surface area contributed by atoms with E-state index in [4.69, 9.17) is 12.3 Å². The van der Waals surface area contributed by atoms with E-state index in [1.807, 2.05) is 30.3 Å². The Hall–Kier alpha value is -1.83. The molecule has 0 atom stereocenters. The second-order valence-electron chi connectivity index (χ2n) is 10.8. The van der Waals surface area contributed by atoms with Gasteiger partial charge in [-0.05, 0) is 82.2 Å². The molecule has 0 amide bonds. The Labute approximate surface area is 197 Å². The highest BCUT2D eigenvalue weighted by molar-refractivity contribution is 6.95. The molecule has 170 valence electrons. The summed E-state index contributed by atoms with van der Waals surface area (Å²) in [6, 6.07) is 17.6. The lowest BCUT2D eigenvalue weighted by Crippen LogP contribution is -2.67. The highest BCUT2D eigenvalue weighted by atomic mass is 28.5. The molecule has 0 saturated carbocycles. The highest BCUT2D eigenvalue weighted by Gasteiger charge is 2.51. The van der Waals surface area contributed by atoms with Gasteiger partial charge in [0.25, 0.3) is 0 Å². The number of nitriles is 2. The molecule has 0 unspecified atom stereocenters. The molecule has 0 bridgehead atoms. The Bertz CT molecular complexity index is 997. The fourth-order valence-electron chi connectivity index (χ4n) is 3.23. The maximum atomic E-state index is 9.36. The van der Waals surface area contributed by atoms with Gasteiger partial charge >= 0.3 is 8.80 Å². The molecule has 0 saturated heterocycles. The van der Waals surface area contributed by atoms with Crippen molar-refractivity contribution in [2.24, 2.45) is 0 Å². The van der Waals surface area contributed by atoms with Crippen LogP contribution in [-0.4, -0.2) is 33.8 Å². The Morgan fingerprint density at radius 3 is 1.34 bits per heavy atom. The second kappa shape index (κ2) is 9.57. The lowest BCUT2D eigenvalue weighted by Gasteiger charge is -2.42. The number of hydrogen-bond acceptors (Lipinski definition) is 5. The van der Waals surface area contributed by atoms with Crippen LogP contribution in [0.5, 0.6) is 0 Å². The normalized spacial score (nSPS) is 12.8. The lowest BCUT2D eigenvalue weighted by atomic mass is 10.0. The minimum atomic E-state index is -3.14. The summed E-state index contributed by atoms with van der Waals surface area (Å²) in [5, 5.41) is 19.5. The van der Waals surface area contributed by atoms with E-state index in [9.17, 15) is 10.5 Å². The first kappa shape index (κ1) is 26.4. The van der Waals surface area contributed by atoms with Crippen LogP contribution in [-0.2, 0) is 12.3 Å². The summed E-state index contributed by atoms with van der Waals surface area (Å²) in [6.07, 6.45) is 0. The van der Waals surface area contributed by atoms with E-state index in [2.05, 4.69) is 71.1 Å². The molecule has 32 heavy (non-hydrogen) atoms. The summed E-state index contributed by atoms with van der Waals surface area (Å²) in [7, 11) is -9.10. The van der Waals surface area contributed by atoms with E-state index < -0.39 is 33.8 Å². The third-order valence-electron chi connectivity index (χ3n) is 4.15. The van der Waals surface area contributed by atoms with Gasteiger partial charge in [-0.2, -0.15) is 10.5 Å². The zero-order chi connectivity index (χ0) is 24.4. The SMILES string of the molecule is C[Si](C)(C)O[Si](O[Si](C)(C)C)(O[Si](C)(C)C)c1ccc(-c2ccc(C#N)c(C#N)c2)cc1. The molecule has 0 spiro atoms. The summed E-state index contributed by atoms with van der Waals surface area (Å²) >= 11 is 0. The molecule has 0 aliphatic heterocycles. The third kappa shape index (κ3) is 7.35. The second-order valence-corrected chi connectivity index (χ2v) is 27.6. The Balaban J connectivity index is 2.59. The van der Waals surface area contributed by atoms with Gasteiger partial charge in [0.2, 0.25) is 0 Å². The van der Waals surface area contributed by atoms with E-state index in [1.54, 1.807) is 12.1 Å². The monoisotopic (exact) mass is 498 g/mol. The zero-order valence-corrected chi connectivity index (χ0v) is 24.7. The quantitative estimate of drug-likeness (QED) is 0.430. The predicted molar refractivity (Wildman–Crippen MR) is 140 cm³/mol. The third-order valence-corrected chi connectivity index (χ3v) is 15.8. The molecule has 0 aliphatic rings. The molecule has 0 aliphatic carbocycles. The average Bonchev–Trinajstić information content (AvgIpc) is 2.63. The summed E-state index contributed by atoms with van der Waals surface area (Å²) in [6.45, 7) is 19.5. The van der Waals surface area contributed by atoms with E-state index >= 15 is 0 Å². The molecule has 0 N–H and O–H groups in total. The van der Waals surface area contributed by atoms with Crippen molar-refractivity contribution in [2.75, 3.05) is 0 Å². The fourth-order valence-corrected chi connectivity index (χ4v) is 16.5. The minimum absolute atomic E-state index is 0.379. The minimum Gasteiger partial charge on any atom is -0.414 e. The number of nitrogens with zero attached hydrogens (tertiary/aromatic N) is 2. The number of hydrogen-bond donors (Lipinski definition) is 0. The average molecular weight is 499 g/mol. The van der Waals surface area contributed by atoms with Crippen molar-refractivity contribution >= 4 is 38.9 Å². The van der Waals surface area contributed by atoms with Gasteiger partial charge in [-0.1, -0.05) is 30.3 Å². The molecule has 0 aromatic heterocycles. The molecular formula is C23H34N2O3Si4. The van der Waals surface area contributed by atoms with Crippen molar-refractivity contribution in [2.45, 2.75) is 58.9 Å². The van der Waals surface area contributed by atoms with Crippen molar-refractivity contribution in [1.82, 2.24) is 0 Å². The van der Waals surface area contributed by atoms with Gasteiger partial charge in [-0.3, -0.25) is 0 Å². The Morgan fingerprint density at radius 1 is 0.562 bits per heavy atom. The maximum Gasteiger partial charge on any atom is 0.505 e. The van der Waals surface area contributed by atoms with Crippen molar-refractivity contribution in [3.8, 4) is 23.3 Å². The van der Waals surface area contributed by atoms with Crippen LogP contribution in [0.4, 0.5) is 0 Å². The summed E-state index contributed by atoms with van der Waals surface area (Å²) < 4.78 is 20.4. The molecule has 9 heteroatoms. The number of benzene rings is 2. The maximum absolute atomic E-state index is 9.36. The van der Waals surface area contributed by atoms with Gasteiger partial charge in [-0.25, -0.2) is 0 Å². The topological polar surface area (TPSA) is 75.3 Å². The van der Waals surface area contributed by atoms with Crippen LogP contribution >= 0.6 is 0 Å². The van der Waals surface area contributed by atoms with Crippen LogP contribution in [0, 0.1) is 22.7 Å². The molecule has 2 aromatic rings. The largest absolute Gasteiger partial charge is 0.505 e. The van der Waals surface area contributed by atoms with Gasteiger partial charge in [-0.15, -0.1) is 0 Å². The first-order valence-electron chi connectivity index (χ1n) is 10.7. The summed E-state index contributed by atoms with van der Waals surface area (Å²) in [5.41, 5.74) is 2.62. The Morgan fingerprint density at radius 2 is 0.969 bits per heavy atom. The van der Waals surface area contributed by atoms with Crippen LogP contribution in [0.1, 0.15) is 11.1 Å². The number of rotatable bonds is 8. The molecular weight excluding hydrogens is 465 g/mol. The molecule has 0 heterocycles. The Kier molecular flexibility index (Phi) is 7.90. The van der Waals surface area contributed by atoms with Gasteiger partial charge < -0.3 is 12.3 Å². The van der Waals surface area contributed by atoms with Crippen molar-refractivity contribution in [3.05, 3.63) is 53.6 Å². The standard InChI is InChI=1S/C23H34N2O3Si4/c1-29(2,3)26-32(27-30(4,5)6,28-31(7,8)9)23-14-12-19(13-15-23)20-10-11-21(17-24)22(16-20)18-25/h10-16H,1-9H3. The molecule has 5 nitrogen and oxygen atoms in total. The molecule has 2 aromatic carbocycles. The summed E-state index contributed by atoms with van der Waals surface area (Å²) in [4.78, 5) is 0. The van der Waals surface area contributed by atoms with Crippen LogP contribution in [0.25, 0.3) is 11.1 Å². The van der Waals surface area contributed by atoms with Crippen molar-refractivity contribution < 1.29 is 12.3 Å². The summed E-state index contributed by atoms with van der Waals surface area (Å²) in [5.74, 6) is 0. The lowest BCUT2D eigenvalue weighted by molar-refractivity contribution is 0.273. The predicted octanol–water partition coefficient (Wildman–Crippen LogP) is 5.80.